The lowest BCUT2D eigenvalue weighted by atomic mass is 10.2. The maximum absolute atomic E-state index is 5.71. The number of nitrogens with one attached hydrogen (secondary N) is 1. The van der Waals surface area contributed by atoms with Crippen LogP contribution in [0.5, 0.6) is 11.8 Å². The second-order valence-corrected chi connectivity index (χ2v) is 6.17. The van der Waals surface area contributed by atoms with E-state index in [4.69, 9.17) is 4.74 Å². The first kappa shape index (κ1) is 15.9. The maximum Gasteiger partial charge on any atom is 0.322 e. The van der Waals surface area contributed by atoms with Gasteiger partial charge in [-0.2, -0.15) is 4.98 Å². The van der Waals surface area contributed by atoms with E-state index in [-0.39, 0.29) is 0 Å². The van der Waals surface area contributed by atoms with Crippen molar-refractivity contribution in [1.82, 2.24) is 15.3 Å². The van der Waals surface area contributed by atoms with Gasteiger partial charge in [-0.1, -0.05) is 29.8 Å². The lowest BCUT2D eigenvalue weighted by Gasteiger charge is -2.11. The van der Waals surface area contributed by atoms with E-state index in [0.29, 0.717) is 12.1 Å². The van der Waals surface area contributed by atoms with Gasteiger partial charge in [0, 0.05) is 34.5 Å². The van der Waals surface area contributed by atoms with E-state index in [0.717, 1.165) is 33.6 Å². The molecule has 1 aromatic carbocycles. The molecule has 0 saturated carbocycles. The Morgan fingerprint density at radius 3 is 2.67 bits per heavy atom. The summed E-state index contributed by atoms with van der Waals surface area (Å²) < 4.78 is 6.77. The number of nitrogens with zero attached hydrogens (tertiary/aromatic N) is 2. The SMILES string of the molecule is Cc1cc(Oc2ncc(CNC(C)C)c(C)n2)ccc1Br. The van der Waals surface area contributed by atoms with Gasteiger partial charge in [0.05, 0.1) is 0 Å². The lowest BCUT2D eigenvalue weighted by Crippen LogP contribution is -2.22. The molecule has 0 unspecified atom stereocenters. The first-order valence-corrected chi connectivity index (χ1v) is 7.75. The minimum Gasteiger partial charge on any atom is -0.424 e. The third kappa shape index (κ3) is 4.51. The molecule has 21 heavy (non-hydrogen) atoms. The van der Waals surface area contributed by atoms with Gasteiger partial charge < -0.3 is 10.1 Å². The van der Waals surface area contributed by atoms with Crippen LogP contribution in [0.25, 0.3) is 0 Å². The van der Waals surface area contributed by atoms with E-state index in [9.17, 15) is 0 Å². The summed E-state index contributed by atoms with van der Waals surface area (Å²) in [6.07, 6.45) is 1.82. The third-order valence-corrected chi connectivity index (χ3v) is 3.99. The van der Waals surface area contributed by atoms with Crippen molar-refractivity contribution >= 4 is 15.9 Å². The zero-order valence-electron chi connectivity index (χ0n) is 12.8. The maximum atomic E-state index is 5.71. The fraction of sp³-hybridized carbons (Fsp3) is 0.375. The largest absolute Gasteiger partial charge is 0.424 e. The second-order valence-electron chi connectivity index (χ2n) is 5.31. The van der Waals surface area contributed by atoms with Crippen LogP contribution in [-0.2, 0) is 6.54 Å². The zero-order valence-corrected chi connectivity index (χ0v) is 14.4. The van der Waals surface area contributed by atoms with Gasteiger partial charge in [-0.15, -0.1) is 0 Å². The van der Waals surface area contributed by atoms with Gasteiger partial charge in [-0.05, 0) is 37.6 Å². The van der Waals surface area contributed by atoms with E-state index in [1.54, 1.807) is 0 Å². The van der Waals surface area contributed by atoms with Crippen LogP contribution in [0, 0.1) is 13.8 Å². The van der Waals surface area contributed by atoms with Crippen molar-refractivity contribution in [2.24, 2.45) is 0 Å². The Balaban J connectivity index is 2.10. The minimum atomic E-state index is 0.377. The number of halogens is 1. The number of rotatable bonds is 5. The standard InChI is InChI=1S/C16H20BrN3O/c1-10(2)18-8-13-9-19-16(20-12(13)4)21-14-5-6-15(17)11(3)7-14/h5-7,9-10,18H,8H2,1-4H3. The fourth-order valence-corrected chi connectivity index (χ4v) is 2.04. The van der Waals surface area contributed by atoms with Gasteiger partial charge >= 0.3 is 6.01 Å². The summed E-state index contributed by atoms with van der Waals surface area (Å²) in [5.41, 5.74) is 3.13. The number of aryl methyl sites for hydroxylation is 2. The minimum absolute atomic E-state index is 0.377. The van der Waals surface area contributed by atoms with Crippen molar-refractivity contribution in [3.05, 3.63) is 45.7 Å². The number of ether oxygens (including phenoxy) is 1. The van der Waals surface area contributed by atoms with Crippen LogP contribution in [0.4, 0.5) is 0 Å². The summed E-state index contributed by atoms with van der Waals surface area (Å²) in [7, 11) is 0. The Labute approximate surface area is 134 Å². The van der Waals surface area contributed by atoms with E-state index < -0.39 is 0 Å². The highest BCUT2D eigenvalue weighted by atomic mass is 79.9. The average molecular weight is 350 g/mol. The molecule has 1 heterocycles. The molecule has 5 heteroatoms. The molecule has 0 atom stereocenters. The van der Waals surface area contributed by atoms with Crippen LogP contribution in [0.1, 0.15) is 30.7 Å². The number of hydrogen-bond donors (Lipinski definition) is 1. The lowest BCUT2D eigenvalue weighted by molar-refractivity contribution is 0.438. The van der Waals surface area contributed by atoms with Crippen molar-refractivity contribution in [2.75, 3.05) is 0 Å². The Hall–Kier alpha value is -1.46. The molecule has 4 nitrogen and oxygen atoms in total. The van der Waals surface area contributed by atoms with Crippen molar-refractivity contribution in [3.63, 3.8) is 0 Å². The summed E-state index contributed by atoms with van der Waals surface area (Å²) in [6.45, 7) is 8.98. The van der Waals surface area contributed by atoms with Crippen molar-refractivity contribution in [1.29, 1.82) is 0 Å². The molecule has 2 aromatic rings. The fourth-order valence-electron chi connectivity index (χ4n) is 1.79. The Bertz CT molecular complexity index is 629. The molecule has 0 aliphatic rings. The summed E-state index contributed by atoms with van der Waals surface area (Å²) in [6, 6.07) is 6.62. The first-order valence-electron chi connectivity index (χ1n) is 6.95. The van der Waals surface area contributed by atoms with Gasteiger partial charge in [0.2, 0.25) is 0 Å². The summed E-state index contributed by atoms with van der Waals surface area (Å²) >= 11 is 3.47. The topological polar surface area (TPSA) is 47.0 Å². The molecule has 1 N–H and O–H groups in total. The highest BCUT2D eigenvalue weighted by molar-refractivity contribution is 9.10. The first-order chi connectivity index (χ1) is 9.95. The predicted molar refractivity (Wildman–Crippen MR) is 87.7 cm³/mol. The Morgan fingerprint density at radius 1 is 1.29 bits per heavy atom. The summed E-state index contributed by atoms with van der Waals surface area (Å²) in [5, 5.41) is 3.36. The normalized spacial score (nSPS) is 11.0. The van der Waals surface area contributed by atoms with Gasteiger partial charge in [0.1, 0.15) is 5.75 Å². The van der Waals surface area contributed by atoms with Crippen LogP contribution >= 0.6 is 15.9 Å². The molecular weight excluding hydrogens is 330 g/mol. The smallest absolute Gasteiger partial charge is 0.322 e. The van der Waals surface area contributed by atoms with Gasteiger partial charge in [0.25, 0.3) is 0 Å². The molecule has 1 aromatic heterocycles. The van der Waals surface area contributed by atoms with Gasteiger partial charge in [0.15, 0.2) is 0 Å². The summed E-state index contributed by atoms with van der Waals surface area (Å²) in [4.78, 5) is 8.69. The number of aromatic nitrogens is 2. The van der Waals surface area contributed by atoms with Crippen LogP contribution in [0.15, 0.2) is 28.9 Å². The van der Waals surface area contributed by atoms with Crippen LogP contribution in [-0.4, -0.2) is 16.0 Å². The molecule has 0 spiro atoms. The number of benzene rings is 1. The Morgan fingerprint density at radius 2 is 2.05 bits per heavy atom. The molecule has 2 rings (SSSR count). The average Bonchev–Trinajstić information content (AvgIpc) is 2.42. The second kappa shape index (κ2) is 7.00. The molecule has 112 valence electrons. The van der Waals surface area contributed by atoms with Crippen LogP contribution in [0.2, 0.25) is 0 Å². The zero-order chi connectivity index (χ0) is 15.4. The van der Waals surface area contributed by atoms with Crippen molar-refractivity contribution < 1.29 is 4.74 Å². The molecule has 0 aliphatic heterocycles. The highest BCUT2D eigenvalue weighted by Gasteiger charge is 2.07. The van der Waals surface area contributed by atoms with Gasteiger partial charge in [-0.25, -0.2) is 4.98 Å². The van der Waals surface area contributed by atoms with Gasteiger partial charge in [-0.3, -0.25) is 0 Å². The van der Waals surface area contributed by atoms with E-state index in [1.165, 1.54) is 0 Å². The highest BCUT2D eigenvalue weighted by Crippen LogP contribution is 2.24. The van der Waals surface area contributed by atoms with E-state index >= 15 is 0 Å². The van der Waals surface area contributed by atoms with Crippen LogP contribution < -0.4 is 10.1 Å². The molecule has 0 amide bonds. The number of hydrogen-bond acceptors (Lipinski definition) is 4. The third-order valence-electron chi connectivity index (χ3n) is 3.10. The molecule has 0 aliphatic carbocycles. The molecule has 0 radical (unpaired) electrons. The quantitative estimate of drug-likeness (QED) is 0.880. The monoisotopic (exact) mass is 349 g/mol. The molecule has 0 fully saturated rings. The van der Waals surface area contributed by atoms with Crippen LogP contribution in [0.3, 0.4) is 0 Å². The summed E-state index contributed by atoms with van der Waals surface area (Å²) in [5.74, 6) is 0.739. The van der Waals surface area contributed by atoms with E-state index in [2.05, 4.69) is 45.1 Å². The predicted octanol–water partition coefficient (Wildman–Crippen LogP) is 4.15. The van der Waals surface area contributed by atoms with Crippen molar-refractivity contribution in [2.45, 2.75) is 40.3 Å². The molecular formula is C16H20BrN3O. The Kier molecular flexibility index (Phi) is 5.31. The van der Waals surface area contributed by atoms with E-state index in [1.807, 2.05) is 38.2 Å². The van der Waals surface area contributed by atoms with Crippen molar-refractivity contribution in [3.8, 4) is 11.8 Å². The molecule has 0 saturated heterocycles. The molecule has 0 bridgehead atoms.